The third-order valence-electron chi connectivity index (χ3n) is 5.90. The quantitative estimate of drug-likeness (QED) is 0.686. The number of fused-ring (bicyclic) bond motifs is 3. The van der Waals surface area contributed by atoms with Gasteiger partial charge in [-0.25, -0.2) is 0 Å². The molecule has 0 unspecified atom stereocenters. The normalized spacial score (nSPS) is 19.6. The minimum atomic E-state index is -0.00986. The van der Waals surface area contributed by atoms with Crippen LogP contribution in [0.4, 0.5) is 5.69 Å². The van der Waals surface area contributed by atoms with Crippen LogP contribution in [0.1, 0.15) is 12.8 Å². The summed E-state index contributed by atoms with van der Waals surface area (Å²) in [5.41, 5.74) is 1.76. The van der Waals surface area contributed by atoms with Crippen molar-refractivity contribution in [3.63, 3.8) is 0 Å². The van der Waals surface area contributed by atoms with Crippen molar-refractivity contribution in [3.8, 4) is 17.2 Å². The van der Waals surface area contributed by atoms with E-state index in [1.54, 1.807) is 12.3 Å². The number of benzene rings is 2. The van der Waals surface area contributed by atoms with E-state index in [1.165, 1.54) is 0 Å². The lowest BCUT2D eigenvalue weighted by Gasteiger charge is -2.34. The molecule has 2 aromatic carbocycles. The van der Waals surface area contributed by atoms with Crippen LogP contribution in [0.5, 0.6) is 17.2 Å². The maximum absolute atomic E-state index is 10.1. The molecule has 3 heterocycles. The van der Waals surface area contributed by atoms with Gasteiger partial charge in [0.05, 0.1) is 17.3 Å². The topological polar surface area (TPSA) is 67.1 Å². The van der Waals surface area contributed by atoms with Crippen LogP contribution in [0, 0.1) is 5.92 Å². The maximum Gasteiger partial charge on any atom is 0.172 e. The zero-order valence-corrected chi connectivity index (χ0v) is 16.3. The number of nitrogens with one attached hydrogen (secondary N) is 1. The Hall–Kier alpha value is -2.86. The van der Waals surface area contributed by atoms with Crippen LogP contribution < -0.4 is 19.7 Å². The summed E-state index contributed by atoms with van der Waals surface area (Å²) in [6, 6.07) is 13.3. The molecular formula is C23H26N2O4. The van der Waals surface area contributed by atoms with Crippen molar-refractivity contribution >= 4 is 16.7 Å². The fourth-order valence-electron chi connectivity index (χ4n) is 4.27. The Labute approximate surface area is 170 Å². The van der Waals surface area contributed by atoms with Crippen molar-refractivity contribution in [2.24, 2.45) is 5.92 Å². The van der Waals surface area contributed by atoms with Crippen LogP contribution >= 0.6 is 0 Å². The number of hydrogen-bond donors (Lipinski definition) is 2. The number of rotatable bonds is 5. The molecule has 0 amide bonds. The minimum absolute atomic E-state index is 0.00986. The largest absolute Gasteiger partial charge is 0.506 e. The standard InChI is InChI=1S/C23H26N2O4/c26-20-4-2-1-3-19(20)25-10-7-16(8-11-25)13-24-14-17-15-28-22-6-5-21-18(9-12-27-21)23(22)29-17/h1-6,9,12,16-17,24,26H,7-8,10-11,13-15H2/t17-/m0/s1. The molecule has 2 aliphatic rings. The lowest BCUT2D eigenvalue weighted by Crippen LogP contribution is -2.42. The lowest BCUT2D eigenvalue weighted by molar-refractivity contribution is 0.0913. The Morgan fingerprint density at radius 2 is 1.90 bits per heavy atom. The molecule has 29 heavy (non-hydrogen) atoms. The highest BCUT2D eigenvalue weighted by Crippen LogP contribution is 2.39. The molecule has 6 heteroatoms. The van der Waals surface area contributed by atoms with Crippen molar-refractivity contribution in [2.75, 3.05) is 37.7 Å². The molecule has 1 fully saturated rings. The fourth-order valence-corrected chi connectivity index (χ4v) is 4.27. The van der Waals surface area contributed by atoms with E-state index in [4.69, 9.17) is 13.9 Å². The average molecular weight is 394 g/mol. The van der Waals surface area contributed by atoms with Crippen LogP contribution in [0.15, 0.2) is 53.1 Å². The summed E-state index contributed by atoms with van der Waals surface area (Å²) in [4.78, 5) is 2.27. The van der Waals surface area contributed by atoms with Gasteiger partial charge in [0.1, 0.15) is 24.0 Å². The van der Waals surface area contributed by atoms with E-state index in [0.29, 0.717) is 18.3 Å². The molecule has 3 aromatic rings. The number of para-hydroxylation sites is 2. The van der Waals surface area contributed by atoms with E-state index in [1.807, 2.05) is 36.4 Å². The summed E-state index contributed by atoms with van der Waals surface area (Å²) < 4.78 is 17.5. The van der Waals surface area contributed by atoms with E-state index >= 15 is 0 Å². The monoisotopic (exact) mass is 394 g/mol. The van der Waals surface area contributed by atoms with Gasteiger partial charge in [-0.05, 0) is 55.6 Å². The second kappa shape index (κ2) is 7.87. The van der Waals surface area contributed by atoms with Gasteiger partial charge in [-0.3, -0.25) is 0 Å². The van der Waals surface area contributed by atoms with Crippen molar-refractivity contribution < 1.29 is 19.0 Å². The van der Waals surface area contributed by atoms with E-state index in [-0.39, 0.29) is 6.10 Å². The van der Waals surface area contributed by atoms with Crippen LogP contribution in [0.2, 0.25) is 0 Å². The first-order valence-electron chi connectivity index (χ1n) is 10.3. The summed E-state index contributed by atoms with van der Waals surface area (Å²) >= 11 is 0. The number of furan rings is 1. The molecule has 0 spiro atoms. The average Bonchev–Trinajstić information content (AvgIpc) is 3.24. The smallest absolute Gasteiger partial charge is 0.172 e. The van der Waals surface area contributed by atoms with Crippen molar-refractivity contribution in [3.05, 3.63) is 48.7 Å². The van der Waals surface area contributed by atoms with Gasteiger partial charge in [0, 0.05) is 19.6 Å². The number of phenols is 1. The molecule has 2 aliphatic heterocycles. The van der Waals surface area contributed by atoms with Crippen molar-refractivity contribution in [2.45, 2.75) is 18.9 Å². The molecule has 1 aromatic heterocycles. The molecule has 2 N–H and O–H groups in total. The molecule has 0 saturated carbocycles. The van der Waals surface area contributed by atoms with E-state index < -0.39 is 0 Å². The predicted molar refractivity (Wildman–Crippen MR) is 112 cm³/mol. The Balaban J connectivity index is 1.10. The third-order valence-corrected chi connectivity index (χ3v) is 5.90. The molecule has 0 bridgehead atoms. The number of nitrogens with zero attached hydrogens (tertiary/aromatic N) is 1. The molecule has 1 saturated heterocycles. The molecule has 5 rings (SSSR count). The van der Waals surface area contributed by atoms with Crippen molar-refractivity contribution in [1.29, 1.82) is 0 Å². The van der Waals surface area contributed by atoms with Gasteiger partial charge < -0.3 is 29.2 Å². The van der Waals surface area contributed by atoms with E-state index in [0.717, 1.165) is 67.2 Å². The summed E-state index contributed by atoms with van der Waals surface area (Å²) in [7, 11) is 0. The summed E-state index contributed by atoms with van der Waals surface area (Å²) in [5.74, 6) is 2.57. The highest BCUT2D eigenvalue weighted by atomic mass is 16.6. The zero-order chi connectivity index (χ0) is 19.6. The van der Waals surface area contributed by atoms with Crippen LogP contribution in [-0.2, 0) is 0 Å². The number of hydrogen-bond acceptors (Lipinski definition) is 6. The number of anilines is 1. The highest BCUT2D eigenvalue weighted by molar-refractivity contribution is 5.87. The zero-order valence-electron chi connectivity index (χ0n) is 16.3. The lowest BCUT2D eigenvalue weighted by atomic mass is 9.96. The molecule has 1 atom stereocenters. The van der Waals surface area contributed by atoms with Gasteiger partial charge in [0.15, 0.2) is 11.5 Å². The van der Waals surface area contributed by atoms with Crippen LogP contribution in [0.3, 0.4) is 0 Å². The van der Waals surface area contributed by atoms with Crippen molar-refractivity contribution in [1.82, 2.24) is 5.32 Å². The summed E-state index contributed by atoms with van der Waals surface area (Å²) in [6.07, 6.45) is 3.89. The molecule has 152 valence electrons. The van der Waals surface area contributed by atoms with Gasteiger partial charge in [-0.1, -0.05) is 12.1 Å². The Morgan fingerprint density at radius 3 is 2.76 bits per heavy atom. The summed E-state index contributed by atoms with van der Waals surface area (Å²) in [6.45, 7) is 4.22. The number of ether oxygens (including phenoxy) is 2. The first-order valence-corrected chi connectivity index (χ1v) is 10.3. The van der Waals surface area contributed by atoms with Gasteiger partial charge in [0.2, 0.25) is 0 Å². The van der Waals surface area contributed by atoms with Crippen LogP contribution in [-0.4, -0.2) is 44.0 Å². The SMILES string of the molecule is Oc1ccccc1N1CCC(CNC[C@H]2COc3ccc4occc4c3O2)CC1. The fraction of sp³-hybridized carbons (Fsp3) is 0.391. The Morgan fingerprint density at radius 1 is 1.03 bits per heavy atom. The Bertz CT molecular complexity index is 978. The van der Waals surface area contributed by atoms with Gasteiger partial charge >= 0.3 is 0 Å². The summed E-state index contributed by atoms with van der Waals surface area (Å²) in [5, 5.41) is 14.6. The second-order valence-electron chi connectivity index (χ2n) is 7.85. The molecular weight excluding hydrogens is 368 g/mol. The maximum atomic E-state index is 10.1. The highest BCUT2D eigenvalue weighted by Gasteiger charge is 2.25. The van der Waals surface area contributed by atoms with E-state index in [9.17, 15) is 5.11 Å². The first kappa shape index (κ1) is 18.2. The van der Waals surface area contributed by atoms with Gasteiger partial charge in [-0.2, -0.15) is 0 Å². The molecule has 0 aliphatic carbocycles. The van der Waals surface area contributed by atoms with Crippen LogP contribution in [0.25, 0.3) is 11.0 Å². The number of phenolic OH excluding ortho intramolecular Hbond substituents is 1. The second-order valence-corrected chi connectivity index (χ2v) is 7.85. The number of aromatic hydroxyl groups is 1. The minimum Gasteiger partial charge on any atom is -0.506 e. The van der Waals surface area contributed by atoms with Gasteiger partial charge in [0.25, 0.3) is 0 Å². The number of piperidine rings is 1. The predicted octanol–water partition coefficient (Wildman–Crippen LogP) is 3.78. The molecule has 0 radical (unpaired) electrons. The molecule has 6 nitrogen and oxygen atoms in total. The first-order chi connectivity index (χ1) is 14.3. The third kappa shape index (κ3) is 3.72. The Kier molecular flexibility index (Phi) is 4.94. The van der Waals surface area contributed by atoms with E-state index in [2.05, 4.69) is 10.2 Å². The van der Waals surface area contributed by atoms with Gasteiger partial charge in [-0.15, -0.1) is 0 Å².